The summed E-state index contributed by atoms with van der Waals surface area (Å²) in [6.07, 6.45) is 0. The lowest BCUT2D eigenvalue weighted by molar-refractivity contribution is 0.0730. The fraction of sp³-hybridized carbons (Fsp3) is 0.273. The van der Waals surface area contributed by atoms with E-state index < -0.39 is 15.9 Å². The number of sulfonamides is 1. The van der Waals surface area contributed by atoms with E-state index in [2.05, 4.69) is 10.4 Å². The molecule has 8 nitrogen and oxygen atoms in total. The highest BCUT2D eigenvalue weighted by Crippen LogP contribution is 2.25. The number of nitrogens with zero attached hydrogens (tertiary/aromatic N) is 3. The second kappa shape index (κ2) is 8.62. The number of para-hydroxylation sites is 1. The number of aryl methyl sites for hydroxylation is 2. The van der Waals surface area contributed by atoms with Gasteiger partial charge >= 0.3 is 0 Å². The lowest BCUT2D eigenvalue weighted by Crippen LogP contribution is -2.40. The molecule has 1 fully saturated rings. The summed E-state index contributed by atoms with van der Waals surface area (Å²) in [6, 6.07) is 16.1. The maximum atomic E-state index is 13.1. The molecule has 0 bridgehead atoms. The van der Waals surface area contributed by atoms with Gasteiger partial charge in [-0.05, 0) is 49.7 Å². The molecule has 1 saturated heterocycles. The van der Waals surface area contributed by atoms with Gasteiger partial charge < -0.3 is 10.1 Å². The Morgan fingerprint density at radius 2 is 1.74 bits per heavy atom. The van der Waals surface area contributed by atoms with Crippen molar-refractivity contribution in [2.75, 3.05) is 31.6 Å². The van der Waals surface area contributed by atoms with E-state index in [-0.39, 0.29) is 10.6 Å². The van der Waals surface area contributed by atoms with Crippen LogP contribution in [0.1, 0.15) is 21.7 Å². The van der Waals surface area contributed by atoms with Crippen molar-refractivity contribution in [1.82, 2.24) is 14.1 Å². The second-order valence-corrected chi connectivity index (χ2v) is 9.28. The molecule has 0 unspecified atom stereocenters. The zero-order valence-electron chi connectivity index (χ0n) is 17.4. The summed E-state index contributed by atoms with van der Waals surface area (Å²) in [5, 5.41) is 7.17. The summed E-state index contributed by atoms with van der Waals surface area (Å²) in [7, 11) is -3.67. The molecule has 9 heteroatoms. The van der Waals surface area contributed by atoms with Gasteiger partial charge in [-0.1, -0.05) is 24.3 Å². The fourth-order valence-corrected chi connectivity index (χ4v) is 5.15. The maximum Gasteiger partial charge on any atom is 0.276 e. The van der Waals surface area contributed by atoms with Crippen molar-refractivity contribution in [2.24, 2.45) is 0 Å². The molecule has 1 aromatic heterocycles. The lowest BCUT2D eigenvalue weighted by Gasteiger charge is -2.26. The molecule has 4 rings (SSSR count). The standard InChI is InChI=1S/C22H24N4O4S/c1-16-8-9-18(15-21(16)31(28,29)25-10-12-30-13-11-25)23-22(27)20-14-17(2)26(24-20)19-6-4-3-5-7-19/h3-9,14-15H,10-13H2,1-2H3,(H,23,27). The molecule has 3 aromatic rings. The van der Waals surface area contributed by atoms with Crippen LogP contribution in [0.25, 0.3) is 5.69 Å². The van der Waals surface area contributed by atoms with Crippen molar-refractivity contribution < 1.29 is 17.9 Å². The van der Waals surface area contributed by atoms with E-state index in [1.165, 1.54) is 10.4 Å². The summed E-state index contributed by atoms with van der Waals surface area (Å²) in [5.74, 6) is -0.406. The van der Waals surface area contributed by atoms with E-state index >= 15 is 0 Å². The molecule has 0 saturated carbocycles. The highest BCUT2D eigenvalue weighted by atomic mass is 32.2. The minimum absolute atomic E-state index is 0.179. The summed E-state index contributed by atoms with van der Waals surface area (Å²) in [4.78, 5) is 13.0. The van der Waals surface area contributed by atoms with E-state index in [1.807, 2.05) is 37.3 Å². The Kier molecular flexibility index (Phi) is 5.90. The van der Waals surface area contributed by atoms with Crippen LogP contribution < -0.4 is 5.32 Å². The van der Waals surface area contributed by atoms with Crippen molar-refractivity contribution >= 4 is 21.6 Å². The smallest absolute Gasteiger partial charge is 0.276 e. The summed E-state index contributed by atoms with van der Waals surface area (Å²) >= 11 is 0. The van der Waals surface area contributed by atoms with Crippen LogP contribution in [-0.2, 0) is 14.8 Å². The third-order valence-electron chi connectivity index (χ3n) is 5.15. The number of hydrogen-bond acceptors (Lipinski definition) is 5. The van der Waals surface area contributed by atoms with E-state index in [4.69, 9.17) is 4.74 Å². The molecule has 1 aliphatic heterocycles. The normalized spacial score (nSPS) is 15.0. The number of aromatic nitrogens is 2. The van der Waals surface area contributed by atoms with Gasteiger partial charge in [0.15, 0.2) is 5.69 Å². The topological polar surface area (TPSA) is 93.5 Å². The lowest BCUT2D eigenvalue weighted by atomic mass is 10.2. The largest absolute Gasteiger partial charge is 0.379 e. The number of benzene rings is 2. The molecule has 1 aliphatic rings. The zero-order valence-corrected chi connectivity index (χ0v) is 18.2. The molecule has 0 radical (unpaired) electrons. The van der Waals surface area contributed by atoms with Crippen molar-refractivity contribution in [3.63, 3.8) is 0 Å². The quantitative estimate of drug-likeness (QED) is 0.659. The number of ether oxygens (including phenoxy) is 1. The maximum absolute atomic E-state index is 13.1. The van der Waals surface area contributed by atoms with E-state index in [0.717, 1.165) is 11.4 Å². The van der Waals surface area contributed by atoms with Gasteiger partial charge in [0.25, 0.3) is 5.91 Å². The predicted octanol–water partition coefficient (Wildman–Crippen LogP) is 2.76. The number of carbonyl (C=O) groups is 1. The molecule has 1 N–H and O–H groups in total. The molecule has 31 heavy (non-hydrogen) atoms. The molecular weight excluding hydrogens is 416 g/mol. The first kappa shape index (κ1) is 21.2. The Balaban J connectivity index is 1.58. The van der Waals surface area contributed by atoms with E-state index in [9.17, 15) is 13.2 Å². The number of anilines is 1. The van der Waals surface area contributed by atoms with Crippen LogP contribution in [0.2, 0.25) is 0 Å². The Bertz CT molecular complexity index is 1200. The Morgan fingerprint density at radius 3 is 2.45 bits per heavy atom. The summed E-state index contributed by atoms with van der Waals surface area (Å²) in [5.41, 5.74) is 2.94. The number of amides is 1. The third kappa shape index (κ3) is 4.39. The molecule has 162 valence electrons. The Hall–Kier alpha value is -3.01. The van der Waals surface area contributed by atoms with Crippen LogP contribution in [0.4, 0.5) is 5.69 Å². The van der Waals surface area contributed by atoms with Crippen LogP contribution in [0, 0.1) is 13.8 Å². The monoisotopic (exact) mass is 440 g/mol. The molecule has 0 aliphatic carbocycles. The van der Waals surface area contributed by atoms with Gasteiger partial charge in [-0.15, -0.1) is 0 Å². The first-order chi connectivity index (χ1) is 14.9. The molecule has 0 atom stereocenters. The minimum atomic E-state index is -3.67. The highest BCUT2D eigenvalue weighted by Gasteiger charge is 2.28. The van der Waals surface area contributed by atoms with Crippen molar-refractivity contribution in [3.8, 4) is 5.69 Å². The Morgan fingerprint density at radius 1 is 1.03 bits per heavy atom. The van der Waals surface area contributed by atoms with Crippen LogP contribution >= 0.6 is 0 Å². The van der Waals surface area contributed by atoms with Gasteiger partial charge in [0.05, 0.1) is 23.8 Å². The zero-order chi connectivity index (χ0) is 22.0. The molecule has 2 heterocycles. The highest BCUT2D eigenvalue weighted by molar-refractivity contribution is 7.89. The number of hydrogen-bond donors (Lipinski definition) is 1. The number of nitrogens with one attached hydrogen (secondary N) is 1. The average Bonchev–Trinajstić information content (AvgIpc) is 3.18. The van der Waals surface area contributed by atoms with Crippen molar-refractivity contribution in [2.45, 2.75) is 18.7 Å². The SMILES string of the molecule is Cc1ccc(NC(=O)c2cc(C)n(-c3ccccc3)n2)cc1S(=O)(=O)N1CCOCC1. The predicted molar refractivity (Wildman–Crippen MR) is 117 cm³/mol. The molecular formula is C22H24N4O4S. The summed E-state index contributed by atoms with van der Waals surface area (Å²) < 4.78 is 34.5. The van der Waals surface area contributed by atoms with Gasteiger partial charge in [-0.25, -0.2) is 13.1 Å². The number of rotatable bonds is 5. The number of carbonyl (C=O) groups excluding carboxylic acids is 1. The van der Waals surface area contributed by atoms with E-state index in [0.29, 0.717) is 37.6 Å². The number of morpholine rings is 1. The Labute approximate surface area is 181 Å². The molecule has 0 spiro atoms. The van der Waals surface area contributed by atoms with Gasteiger partial charge in [0, 0.05) is 24.5 Å². The van der Waals surface area contributed by atoms with Crippen molar-refractivity contribution in [1.29, 1.82) is 0 Å². The van der Waals surface area contributed by atoms with E-state index in [1.54, 1.807) is 29.8 Å². The van der Waals surface area contributed by atoms with Crippen molar-refractivity contribution in [3.05, 3.63) is 71.5 Å². The molecule has 2 aromatic carbocycles. The van der Waals surface area contributed by atoms with Gasteiger partial charge in [-0.3, -0.25) is 4.79 Å². The first-order valence-electron chi connectivity index (χ1n) is 9.98. The van der Waals surface area contributed by atoms with Crippen LogP contribution in [0.5, 0.6) is 0 Å². The van der Waals surface area contributed by atoms with Gasteiger partial charge in [0.2, 0.25) is 10.0 Å². The average molecular weight is 441 g/mol. The molecule has 1 amide bonds. The second-order valence-electron chi connectivity index (χ2n) is 7.37. The fourth-order valence-electron chi connectivity index (χ4n) is 3.49. The van der Waals surface area contributed by atoms with Crippen LogP contribution in [-0.4, -0.2) is 54.7 Å². The van der Waals surface area contributed by atoms with Crippen LogP contribution in [0.15, 0.2) is 59.5 Å². The van der Waals surface area contributed by atoms with Crippen LogP contribution in [0.3, 0.4) is 0 Å². The van der Waals surface area contributed by atoms with Gasteiger partial charge in [-0.2, -0.15) is 9.40 Å². The third-order valence-corrected chi connectivity index (χ3v) is 7.20. The first-order valence-corrected chi connectivity index (χ1v) is 11.4. The van der Waals surface area contributed by atoms with Gasteiger partial charge in [0.1, 0.15) is 0 Å². The summed E-state index contributed by atoms with van der Waals surface area (Å²) in [6.45, 7) is 4.98. The minimum Gasteiger partial charge on any atom is -0.379 e.